The second-order valence-electron chi connectivity index (χ2n) is 7.68. The number of likely N-dealkylation sites (tertiary alicyclic amines) is 1. The van der Waals surface area contributed by atoms with Crippen LogP contribution in [0, 0.1) is 11.3 Å². The zero-order valence-corrected chi connectivity index (χ0v) is 16.6. The number of nitriles is 1. The topological polar surface area (TPSA) is 75.8 Å². The SMILES string of the molecule is C[C@@H](C(=O)Nc1cccc(C#N)c1)[NH+]1CCC[C@@H]1c1ccc2c(c1)OCCCO2. The van der Waals surface area contributed by atoms with Crippen LogP contribution in [0.15, 0.2) is 42.5 Å². The number of nitrogens with zero attached hydrogens (tertiary/aromatic N) is 1. The van der Waals surface area contributed by atoms with Gasteiger partial charge in [-0.3, -0.25) is 4.79 Å². The molecule has 1 amide bonds. The van der Waals surface area contributed by atoms with Crippen LogP contribution in [0.3, 0.4) is 0 Å². The Morgan fingerprint density at radius 3 is 2.83 bits per heavy atom. The standard InChI is InChI=1S/C23H25N3O3/c1-16(23(27)25-19-6-2-5-17(13-19)15-24)26-10-3-7-20(26)18-8-9-21-22(14-18)29-12-4-11-28-21/h2,5-6,8-9,13-14,16,20H,3-4,7,10-12H2,1H3,(H,25,27)/p+1/t16-,20+/m0/s1. The van der Waals surface area contributed by atoms with Gasteiger partial charge in [-0.05, 0) is 43.3 Å². The van der Waals surface area contributed by atoms with Crippen LogP contribution in [-0.2, 0) is 4.79 Å². The summed E-state index contributed by atoms with van der Waals surface area (Å²) in [5.41, 5.74) is 2.38. The van der Waals surface area contributed by atoms with Crippen molar-refractivity contribution in [2.75, 3.05) is 25.1 Å². The van der Waals surface area contributed by atoms with E-state index in [1.54, 1.807) is 18.2 Å². The molecule has 0 bridgehead atoms. The third-order valence-corrected chi connectivity index (χ3v) is 5.79. The van der Waals surface area contributed by atoms with E-state index in [1.807, 2.05) is 19.1 Å². The molecule has 6 nitrogen and oxygen atoms in total. The van der Waals surface area contributed by atoms with E-state index in [0.717, 1.165) is 37.3 Å². The summed E-state index contributed by atoms with van der Waals surface area (Å²) in [5.74, 6) is 1.57. The van der Waals surface area contributed by atoms with E-state index in [1.165, 1.54) is 10.5 Å². The number of anilines is 1. The minimum atomic E-state index is -0.204. The first kappa shape index (κ1) is 19.3. The molecular weight excluding hydrogens is 366 g/mol. The van der Waals surface area contributed by atoms with Gasteiger partial charge in [-0.15, -0.1) is 0 Å². The number of rotatable bonds is 4. The van der Waals surface area contributed by atoms with Crippen molar-refractivity contribution in [1.29, 1.82) is 5.26 Å². The zero-order valence-electron chi connectivity index (χ0n) is 16.6. The fourth-order valence-corrected chi connectivity index (χ4v) is 4.25. The van der Waals surface area contributed by atoms with E-state index in [9.17, 15) is 4.79 Å². The van der Waals surface area contributed by atoms with Crippen LogP contribution >= 0.6 is 0 Å². The fraction of sp³-hybridized carbons (Fsp3) is 0.391. The van der Waals surface area contributed by atoms with Gasteiger partial charge in [0.2, 0.25) is 0 Å². The molecule has 1 fully saturated rings. The molecule has 4 rings (SSSR count). The van der Waals surface area contributed by atoms with Crippen molar-refractivity contribution in [3.05, 3.63) is 53.6 Å². The Bertz CT molecular complexity index is 937. The lowest BCUT2D eigenvalue weighted by molar-refractivity contribution is -0.932. The molecule has 0 saturated carbocycles. The van der Waals surface area contributed by atoms with Gasteiger partial charge in [-0.1, -0.05) is 6.07 Å². The van der Waals surface area contributed by atoms with Crippen molar-refractivity contribution in [2.24, 2.45) is 0 Å². The van der Waals surface area contributed by atoms with Crippen LogP contribution < -0.4 is 19.7 Å². The van der Waals surface area contributed by atoms with E-state index in [-0.39, 0.29) is 18.0 Å². The lowest BCUT2D eigenvalue weighted by Gasteiger charge is -2.27. The predicted molar refractivity (Wildman–Crippen MR) is 109 cm³/mol. The van der Waals surface area contributed by atoms with Crippen molar-refractivity contribution in [1.82, 2.24) is 0 Å². The molecule has 150 valence electrons. The van der Waals surface area contributed by atoms with Crippen LogP contribution in [0.25, 0.3) is 0 Å². The summed E-state index contributed by atoms with van der Waals surface area (Å²) in [6.07, 6.45) is 3.00. The van der Waals surface area contributed by atoms with Crippen LogP contribution in [-0.4, -0.2) is 31.7 Å². The fourth-order valence-electron chi connectivity index (χ4n) is 4.25. The highest BCUT2D eigenvalue weighted by Gasteiger charge is 2.37. The Morgan fingerprint density at radius 2 is 2.00 bits per heavy atom. The molecule has 2 heterocycles. The largest absolute Gasteiger partial charge is 0.490 e. The summed E-state index contributed by atoms with van der Waals surface area (Å²) < 4.78 is 11.6. The molecule has 0 aliphatic carbocycles. The normalized spacial score (nSPS) is 21.7. The minimum Gasteiger partial charge on any atom is -0.490 e. The average molecular weight is 392 g/mol. The van der Waals surface area contributed by atoms with Crippen LogP contribution in [0.1, 0.15) is 43.4 Å². The Labute approximate surface area is 171 Å². The van der Waals surface area contributed by atoms with Crippen molar-refractivity contribution in [2.45, 2.75) is 38.3 Å². The number of amides is 1. The summed E-state index contributed by atoms with van der Waals surface area (Å²) in [5, 5.41) is 12.0. The van der Waals surface area contributed by atoms with Crippen LogP contribution in [0.2, 0.25) is 0 Å². The zero-order chi connectivity index (χ0) is 20.2. The second-order valence-corrected chi connectivity index (χ2v) is 7.68. The maximum Gasteiger partial charge on any atom is 0.282 e. The number of ether oxygens (including phenoxy) is 2. The van der Waals surface area contributed by atoms with Gasteiger partial charge in [-0.25, -0.2) is 0 Å². The van der Waals surface area contributed by atoms with Gasteiger partial charge in [0.25, 0.3) is 5.91 Å². The van der Waals surface area contributed by atoms with Gasteiger partial charge < -0.3 is 19.7 Å². The highest BCUT2D eigenvalue weighted by molar-refractivity contribution is 5.93. The summed E-state index contributed by atoms with van der Waals surface area (Å²) >= 11 is 0. The van der Waals surface area contributed by atoms with E-state index in [0.29, 0.717) is 24.5 Å². The Morgan fingerprint density at radius 1 is 1.17 bits per heavy atom. The molecule has 29 heavy (non-hydrogen) atoms. The molecule has 2 aliphatic rings. The highest BCUT2D eigenvalue weighted by atomic mass is 16.5. The van der Waals surface area contributed by atoms with Crippen molar-refractivity contribution in [3.8, 4) is 17.6 Å². The first-order valence-corrected chi connectivity index (χ1v) is 10.2. The maximum atomic E-state index is 12.9. The van der Waals surface area contributed by atoms with Gasteiger partial charge in [0, 0.05) is 30.5 Å². The third-order valence-electron chi connectivity index (χ3n) is 5.79. The first-order valence-electron chi connectivity index (χ1n) is 10.2. The molecule has 1 unspecified atom stereocenters. The van der Waals surface area contributed by atoms with Crippen molar-refractivity contribution < 1.29 is 19.2 Å². The molecule has 0 radical (unpaired) electrons. The molecule has 3 atom stereocenters. The van der Waals surface area contributed by atoms with E-state index >= 15 is 0 Å². The van der Waals surface area contributed by atoms with Gasteiger partial charge in [0.15, 0.2) is 17.5 Å². The summed E-state index contributed by atoms with van der Waals surface area (Å²) in [6, 6.07) is 15.3. The number of nitrogens with one attached hydrogen (secondary N) is 2. The number of carbonyl (C=O) groups is 1. The highest BCUT2D eigenvalue weighted by Crippen LogP contribution is 2.33. The molecule has 1 saturated heterocycles. The monoisotopic (exact) mass is 392 g/mol. The smallest absolute Gasteiger partial charge is 0.282 e. The first-order chi connectivity index (χ1) is 14.2. The molecule has 2 aromatic rings. The summed E-state index contributed by atoms with van der Waals surface area (Å²) in [7, 11) is 0. The van der Waals surface area contributed by atoms with Crippen molar-refractivity contribution in [3.63, 3.8) is 0 Å². The van der Waals surface area contributed by atoms with Gasteiger partial charge in [0.05, 0.1) is 31.4 Å². The summed E-state index contributed by atoms with van der Waals surface area (Å²) in [6.45, 7) is 4.27. The molecule has 2 N–H and O–H groups in total. The number of benzene rings is 2. The number of fused-ring (bicyclic) bond motifs is 1. The predicted octanol–water partition coefficient (Wildman–Crippen LogP) is 2.47. The van der Waals surface area contributed by atoms with Gasteiger partial charge >= 0.3 is 0 Å². The third kappa shape index (κ3) is 4.20. The van der Waals surface area contributed by atoms with Gasteiger partial charge in [-0.2, -0.15) is 5.26 Å². The lowest BCUT2D eigenvalue weighted by atomic mass is 10.0. The van der Waals surface area contributed by atoms with E-state index in [2.05, 4.69) is 23.5 Å². The average Bonchev–Trinajstić information content (AvgIpc) is 3.11. The Kier molecular flexibility index (Phi) is 5.68. The minimum absolute atomic E-state index is 0.0312. The number of carbonyl (C=O) groups excluding carboxylic acids is 1. The molecule has 2 aromatic carbocycles. The van der Waals surface area contributed by atoms with Crippen LogP contribution in [0.5, 0.6) is 11.5 Å². The molecule has 2 aliphatic heterocycles. The number of hydrogen-bond acceptors (Lipinski definition) is 4. The van der Waals surface area contributed by atoms with Gasteiger partial charge in [0.1, 0.15) is 6.04 Å². The quantitative estimate of drug-likeness (QED) is 0.838. The molecular formula is C23H26N3O3+. The Hall–Kier alpha value is -3.04. The molecule has 6 heteroatoms. The van der Waals surface area contributed by atoms with Crippen molar-refractivity contribution >= 4 is 11.6 Å². The van der Waals surface area contributed by atoms with Crippen LogP contribution in [0.4, 0.5) is 5.69 Å². The van der Waals surface area contributed by atoms with E-state index < -0.39 is 0 Å². The number of hydrogen-bond donors (Lipinski definition) is 2. The van der Waals surface area contributed by atoms with E-state index in [4.69, 9.17) is 14.7 Å². The number of quaternary nitrogens is 1. The molecule has 0 spiro atoms. The second kappa shape index (κ2) is 8.54. The lowest BCUT2D eigenvalue weighted by Crippen LogP contribution is -3.15. The molecule has 0 aromatic heterocycles. The summed E-state index contributed by atoms with van der Waals surface area (Å²) in [4.78, 5) is 14.2. The Balaban J connectivity index is 1.49. The maximum absolute atomic E-state index is 12.9.